The predicted octanol–water partition coefficient (Wildman–Crippen LogP) is 2.16. The molecule has 0 saturated carbocycles. The molecule has 3 rings (SSSR count). The molecule has 0 aromatic heterocycles. The van der Waals surface area contributed by atoms with Crippen LogP contribution in [0.25, 0.3) is 0 Å². The van der Waals surface area contributed by atoms with Crippen molar-refractivity contribution in [3.63, 3.8) is 0 Å². The molecule has 0 unspecified atom stereocenters. The van der Waals surface area contributed by atoms with Gasteiger partial charge >= 0.3 is 11.8 Å². The Bertz CT molecular complexity index is 823. The molecule has 0 bridgehead atoms. The first-order valence-electron chi connectivity index (χ1n) is 7.77. The highest BCUT2D eigenvalue weighted by Gasteiger charge is 2.16. The second kappa shape index (κ2) is 7.21. The van der Waals surface area contributed by atoms with Gasteiger partial charge in [-0.25, -0.2) is 4.39 Å². The first kappa shape index (κ1) is 16.8. The van der Waals surface area contributed by atoms with E-state index in [1.807, 2.05) is 12.1 Å². The fourth-order valence-electron chi connectivity index (χ4n) is 2.40. The average Bonchev–Trinajstić information content (AvgIpc) is 3.05. The molecule has 0 saturated heterocycles. The lowest BCUT2D eigenvalue weighted by Crippen LogP contribution is -2.36. The van der Waals surface area contributed by atoms with Gasteiger partial charge in [-0.05, 0) is 48.7 Å². The summed E-state index contributed by atoms with van der Waals surface area (Å²) in [5.41, 5.74) is 1.64. The van der Waals surface area contributed by atoms with Gasteiger partial charge in [-0.15, -0.1) is 0 Å². The maximum absolute atomic E-state index is 13.7. The van der Waals surface area contributed by atoms with Crippen LogP contribution in [0, 0.1) is 12.7 Å². The van der Waals surface area contributed by atoms with Crippen LogP contribution < -0.4 is 20.1 Å². The highest BCUT2D eigenvalue weighted by atomic mass is 19.1. The molecule has 0 radical (unpaired) electrons. The molecule has 0 aliphatic carbocycles. The Morgan fingerprint density at radius 3 is 2.68 bits per heavy atom. The molecule has 1 aliphatic heterocycles. The van der Waals surface area contributed by atoms with Crippen molar-refractivity contribution in [3.05, 3.63) is 53.3 Å². The Labute approximate surface area is 143 Å². The fraction of sp³-hybridized carbons (Fsp3) is 0.222. The first-order chi connectivity index (χ1) is 12.0. The van der Waals surface area contributed by atoms with E-state index in [9.17, 15) is 14.0 Å². The number of halogens is 1. The summed E-state index contributed by atoms with van der Waals surface area (Å²) < 4.78 is 24.2. The summed E-state index contributed by atoms with van der Waals surface area (Å²) in [5, 5.41) is 4.76. The average molecular weight is 344 g/mol. The van der Waals surface area contributed by atoms with E-state index in [1.54, 1.807) is 19.1 Å². The van der Waals surface area contributed by atoms with Gasteiger partial charge in [-0.2, -0.15) is 0 Å². The van der Waals surface area contributed by atoms with Crippen LogP contribution in [0.15, 0.2) is 36.4 Å². The van der Waals surface area contributed by atoms with Crippen LogP contribution >= 0.6 is 0 Å². The molecule has 25 heavy (non-hydrogen) atoms. The van der Waals surface area contributed by atoms with Crippen molar-refractivity contribution in [1.29, 1.82) is 0 Å². The molecule has 7 heteroatoms. The molecule has 2 amide bonds. The summed E-state index contributed by atoms with van der Waals surface area (Å²) in [6, 6.07) is 9.84. The van der Waals surface area contributed by atoms with Gasteiger partial charge in [-0.3, -0.25) is 9.59 Å². The summed E-state index contributed by atoms with van der Waals surface area (Å²) in [4.78, 5) is 23.6. The van der Waals surface area contributed by atoms with E-state index < -0.39 is 17.6 Å². The van der Waals surface area contributed by atoms with Crippen LogP contribution in [-0.4, -0.2) is 25.2 Å². The van der Waals surface area contributed by atoms with Crippen molar-refractivity contribution in [2.24, 2.45) is 0 Å². The standard InChI is InChI=1S/C18H17FN2O4/c1-11-2-4-14(13(19)8-11)21-18(23)17(22)20-7-6-12-3-5-15-16(9-12)25-10-24-15/h2-5,8-9H,6-7,10H2,1H3,(H,20,22)(H,21,23). The molecular formula is C18H17FN2O4. The Morgan fingerprint density at radius 2 is 1.88 bits per heavy atom. The fourth-order valence-corrected chi connectivity index (χ4v) is 2.40. The maximum atomic E-state index is 13.7. The Balaban J connectivity index is 1.49. The van der Waals surface area contributed by atoms with Crippen molar-refractivity contribution in [2.45, 2.75) is 13.3 Å². The highest BCUT2D eigenvalue weighted by Crippen LogP contribution is 2.32. The molecule has 130 valence electrons. The minimum atomic E-state index is -0.909. The van der Waals surface area contributed by atoms with Gasteiger partial charge < -0.3 is 20.1 Å². The molecule has 0 fully saturated rings. The number of carbonyl (C=O) groups is 2. The highest BCUT2D eigenvalue weighted by molar-refractivity contribution is 6.39. The van der Waals surface area contributed by atoms with Crippen molar-refractivity contribution in [1.82, 2.24) is 5.32 Å². The van der Waals surface area contributed by atoms with E-state index in [2.05, 4.69) is 10.6 Å². The molecule has 0 atom stereocenters. The molecule has 0 spiro atoms. The maximum Gasteiger partial charge on any atom is 0.313 e. The van der Waals surface area contributed by atoms with E-state index >= 15 is 0 Å². The zero-order chi connectivity index (χ0) is 17.8. The van der Waals surface area contributed by atoms with Crippen LogP contribution in [0.3, 0.4) is 0 Å². The minimum absolute atomic E-state index is 0.0264. The van der Waals surface area contributed by atoms with E-state index in [4.69, 9.17) is 9.47 Å². The number of nitrogens with one attached hydrogen (secondary N) is 2. The van der Waals surface area contributed by atoms with Crippen LogP contribution in [-0.2, 0) is 16.0 Å². The summed E-state index contributed by atoms with van der Waals surface area (Å²) in [5.74, 6) is -0.959. The van der Waals surface area contributed by atoms with E-state index in [0.717, 1.165) is 11.1 Å². The van der Waals surface area contributed by atoms with Crippen molar-refractivity contribution >= 4 is 17.5 Å². The van der Waals surface area contributed by atoms with Crippen molar-refractivity contribution in [2.75, 3.05) is 18.7 Å². The van der Waals surface area contributed by atoms with Gasteiger partial charge in [0.2, 0.25) is 6.79 Å². The smallest absolute Gasteiger partial charge is 0.313 e. The van der Waals surface area contributed by atoms with Crippen molar-refractivity contribution < 1.29 is 23.5 Å². The number of hydrogen-bond acceptors (Lipinski definition) is 4. The van der Waals surface area contributed by atoms with Gasteiger partial charge in [0.25, 0.3) is 0 Å². The minimum Gasteiger partial charge on any atom is -0.454 e. The van der Waals surface area contributed by atoms with E-state index in [1.165, 1.54) is 12.1 Å². The second-order valence-corrected chi connectivity index (χ2v) is 5.63. The lowest BCUT2D eigenvalue weighted by molar-refractivity contribution is -0.136. The van der Waals surface area contributed by atoms with Crippen LogP contribution in [0.4, 0.5) is 10.1 Å². The largest absolute Gasteiger partial charge is 0.454 e. The topological polar surface area (TPSA) is 76.7 Å². The van der Waals surface area contributed by atoms with Gasteiger partial charge in [-0.1, -0.05) is 12.1 Å². The molecular weight excluding hydrogens is 327 g/mol. The third-order valence-electron chi connectivity index (χ3n) is 3.72. The number of rotatable bonds is 4. The number of amides is 2. The Kier molecular flexibility index (Phi) is 4.83. The summed E-state index contributed by atoms with van der Waals surface area (Å²) >= 11 is 0. The van der Waals surface area contributed by atoms with Gasteiger partial charge in [0.15, 0.2) is 11.5 Å². The zero-order valence-corrected chi connectivity index (χ0v) is 13.6. The molecule has 2 aromatic rings. The van der Waals surface area contributed by atoms with E-state index in [-0.39, 0.29) is 19.0 Å². The Morgan fingerprint density at radius 1 is 1.08 bits per heavy atom. The van der Waals surface area contributed by atoms with Gasteiger partial charge in [0.1, 0.15) is 5.82 Å². The van der Waals surface area contributed by atoms with Gasteiger partial charge in [0, 0.05) is 6.54 Å². The quantitative estimate of drug-likeness (QED) is 0.834. The summed E-state index contributed by atoms with van der Waals surface area (Å²) in [6.07, 6.45) is 0.522. The van der Waals surface area contributed by atoms with E-state index in [0.29, 0.717) is 17.9 Å². The number of benzene rings is 2. The Hall–Kier alpha value is -3.09. The molecule has 2 N–H and O–H groups in total. The summed E-state index contributed by atoms with van der Waals surface area (Å²) in [6.45, 7) is 2.20. The predicted molar refractivity (Wildman–Crippen MR) is 89.0 cm³/mol. The zero-order valence-electron chi connectivity index (χ0n) is 13.6. The molecule has 1 aliphatic rings. The number of carbonyl (C=O) groups excluding carboxylic acids is 2. The molecule has 6 nitrogen and oxygen atoms in total. The molecule has 1 heterocycles. The number of hydrogen-bond donors (Lipinski definition) is 2. The van der Waals surface area contributed by atoms with Crippen LogP contribution in [0.5, 0.6) is 11.5 Å². The number of ether oxygens (including phenoxy) is 2. The normalized spacial score (nSPS) is 11.9. The van der Waals surface area contributed by atoms with Crippen LogP contribution in [0.2, 0.25) is 0 Å². The lowest BCUT2D eigenvalue weighted by atomic mass is 10.1. The van der Waals surface area contributed by atoms with Gasteiger partial charge in [0.05, 0.1) is 5.69 Å². The third kappa shape index (κ3) is 4.06. The lowest BCUT2D eigenvalue weighted by Gasteiger charge is -2.08. The third-order valence-corrected chi connectivity index (χ3v) is 3.72. The van der Waals surface area contributed by atoms with Crippen molar-refractivity contribution in [3.8, 4) is 11.5 Å². The first-order valence-corrected chi connectivity index (χ1v) is 7.77. The SMILES string of the molecule is Cc1ccc(NC(=O)C(=O)NCCc2ccc3c(c2)OCO3)c(F)c1. The monoisotopic (exact) mass is 344 g/mol. The number of aryl methyl sites for hydroxylation is 1. The summed E-state index contributed by atoms with van der Waals surface area (Å²) in [7, 11) is 0. The second-order valence-electron chi connectivity index (χ2n) is 5.63. The molecule has 2 aromatic carbocycles. The number of anilines is 1. The van der Waals surface area contributed by atoms with Crippen LogP contribution in [0.1, 0.15) is 11.1 Å². The number of fused-ring (bicyclic) bond motifs is 1.